The highest BCUT2D eigenvalue weighted by molar-refractivity contribution is 5.08. The van der Waals surface area contributed by atoms with E-state index in [1.807, 2.05) is 18.7 Å². The molecular formula is C11H18FN3. The number of hydrogen-bond acceptors (Lipinski definition) is 2. The van der Waals surface area contributed by atoms with Crippen LogP contribution in [0.3, 0.4) is 0 Å². The zero-order valence-corrected chi connectivity index (χ0v) is 9.33. The molecule has 0 radical (unpaired) electrons. The van der Waals surface area contributed by atoms with Crippen LogP contribution in [0.2, 0.25) is 0 Å². The van der Waals surface area contributed by atoms with Crippen LogP contribution in [0, 0.1) is 6.92 Å². The van der Waals surface area contributed by atoms with E-state index in [4.69, 9.17) is 0 Å². The van der Waals surface area contributed by atoms with E-state index >= 15 is 0 Å². The summed E-state index contributed by atoms with van der Waals surface area (Å²) in [4.78, 5) is 0. The summed E-state index contributed by atoms with van der Waals surface area (Å²) in [5, 5.41) is 7.66. The standard InChI is InChI=1S/C11H18FN3/c1-8-5-11(15(2)14-8)7-13-10-4-3-9(12)6-10/h5,9-10,13H,3-4,6-7H2,1-2H3/t9-,10-/m0/s1. The predicted molar refractivity (Wildman–Crippen MR) is 57.3 cm³/mol. The lowest BCUT2D eigenvalue weighted by molar-refractivity contribution is 0.333. The van der Waals surface area contributed by atoms with E-state index in [1.54, 1.807) is 0 Å². The first-order valence-electron chi connectivity index (χ1n) is 5.52. The number of nitrogens with one attached hydrogen (secondary N) is 1. The molecule has 0 aromatic carbocycles. The summed E-state index contributed by atoms with van der Waals surface area (Å²) in [7, 11) is 1.94. The Balaban J connectivity index is 1.85. The summed E-state index contributed by atoms with van der Waals surface area (Å²) in [6, 6.07) is 2.41. The maximum absolute atomic E-state index is 12.9. The van der Waals surface area contributed by atoms with Gasteiger partial charge >= 0.3 is 0 Å². The van der Waals surface area contributed by atoms with E-state index in [9.17, 15) is 4.39 Å². The summed E-state index contributed by atoms with van der Waals surface area (Å²) >= 11 is 0. The van der Waals surface area contributed by atoms with Crippen molar-refractivity contribution in [2.45, 2.75) is 44.9 Å². The molecule has 2 atom stereocenters. The molecule has 4 heteroatoms. The maximum atomic E-state index is 12.9. The Morgan fingerprint density at radius 2 is 2.40 bits per heavy atom. The Morgan fingerprint density at radius 3 is 2.93 bits per heavy atom. The Kier molecular flexibility index (Phi) is 3.05. The first-order chi connectivity index (χ1) is 7.15. The number of alkyl halides is 1. The van der Waals surface area contributed by atoms with E-state index in [1.165, 1.54) is 0 Å². The van der Waals surface area contributed by atoms with Gasteiger partial charge in [-0.2, -0.15) is 5.10 Å². The Hall–Kier alpha value is -0.900. The van der Waals surface area contributed by atoms with E-state index in [-0.39, 0.29) is 0 Å². The largest absolute Gasteiger partial charge is 0.308 e. The molecule has 1 aliphatic rings. The first-order valence-corrected chi connectivity index (χ1v) is 5.52. The summed E-state index contributed by atoms with van der Waals surface area (Å²) in [5.41, 5.74) is 2.19. The molecule has 0 unspecified atom stereocenters. The monoisotopic (exact) mass is 211 g/mol. The van der Waals surface area contributed by atoms with Crippen molar-refractivity contribution < 1.29 is 4.39 Å². The van der Waals surface area contributed by atoms with Crippen molar-refractivity contribution in [2.75, 3.05) is 0 Å². The van der Waals surface area contributed by atoms with Crippen LogP contribution in [0.5, 0.6) is 0 Å². The Morgan fingerprint density at radius 1 is 1.60 bits per heavy atom. The zero-order valence-electron chi connectivity index (χ0n) is 9.33. The van der Waals surface area contributed by atoms with Crippen molar-refractivity contribution in [2.24, 2.45) is 7.05 Å². The SMILES string of the molecule is Cc1cc(CN[C@H]2CC[C@H](F)C2)n(C)n1. The molecule has 3 nitrogen and oxygen atoms in total. The van der Waals surface area contributed by atoms with Gasteiger partial charge < -0.3 is 5.32 Å². The van der Waals surface area contributed by atoms with Crippen LogP contribution < -0.4 is 5.32 Å². The van der Waals surface area contributed by atoms with E-state index < -0.39 is 6.17 Å². The van der Waals surface area contributed by atoms with E-state index in [2.05, 4.69) is 16.5 Å². The summed E-state index contributed by atoms with van der Waals surface area (Å²) in [5.74, 6) is 0. The molecule has 0 aliphatic heterocycles. The van der Waals surface area contributed by atoms with Gasteiger partial charge in [0.05, 0.1) is 11.4 Å². The number of aromatic nitrogens is 2. The average Bonchev–Trinajstić information content (AvgIpc) is 2.70. The minimum absolute atomic E-state index is 0.343. The third-order valence-electron chi connectivity index (χ3n) is 3.04. The van der Waals surface area contributed by atoms with Crippen molar-refractivity contribution in [3.8, 4) is 0 Å². The molecule has 0 bridgehead atoms. The van der Waals surface area contributed by atoms with Gasteiger partial charge in [0.1, 0.15) is 6.17 Å². The molecule has 1 aromatic rings. The highest BCUT2D eigenvalue weighted by Gasteiger charge is 2.23. The number of rotatable bonds is 3. The molecule has 0 amide bonds. The second-order valence-electron chi connectivity index (χ2n) is 4.39. The van der Waals surface area contributed by atoms with Crippen LogP contribution in [0.15, 0.2) is 6.07 Å². The van der Waals surface area contributed by atoms with Gasteiger partial charge in [0.25, 0.3) is 0 Å². The summed E-state index contributed by atoms with van der Waals surface area (Å²) in [6.45, 7) is 2.77. The van der Waals surface area contributed by atoms with Crippen LogP contribution in [0.4, 0.5) is 4.39 Å². The van der Waals surface area contributed by atoms with Crippen LogP contribution in [-0.2, 0) is 13.6 Å². The molecule has 1 N–H and O–H groups in total. The normalized spacial score (nSPS) is 26.1. The van der Waals surface area contributed by atoms with Gasteiger partial charge in [-0.05, 0) is 32.3 Å². The molecule has 1 aromatic heterocycles. The number of aryl methyl sites for hydroxylation is 2. The molecule has 1 saturated carbocycles. The van der Waals surface area contributed by atoms with E-state index in [0.717, 1.165) is 24.4 Å². The molecule has 2 rings (SSSR count). The lowest BCUT2D eigenvalue weighted by Crippen LogP contribution is -2.27. The summed E-state index contributed by atoms with van der Waals surface area (Å²) < 4.78 is 14.8. The lowest BCUT2D eigenvalue weighted by Gasteiger charge is -2.11. The third kappa shape index (κ3) is 2.56. The molecule has 84 valence electrons. The highest BCUT2D eigenvalue weighted by atomic mass is 19.1. The zero-order chi connectivity index (χ0) is 10.8. The van der Waals surface area contributed by atoms with Crippen molar-refractivity contribution in [1.82, 2.24) is 15.1 Å². The molecular weight excluding hydrogens is 193 g/mol. The number of halogens is 1. The van der Waals surface area contributed by atoms with Gasteiger partial charge in [-0.3, -0.25) is 4.68 Å². The second kappa shape index (κ2) is 4.31. The number of nitrogens with zero attached hydrogens (tertiary/aromatic N) is 2. The van der Waals surface area contributed by atoms with Gasteiger partial charge in [-0.1, -0.05) is 0 Å². The van der Waals surface area contributed by atoms with Crippen molar-refractivity contribution in [1.29, 1.82) is 0 Å². The van der Waals surface area contributed by atoms with Crippen molar-refractivity contribution in [3.05, 3.63) is 17.5 Å². The molecule has 0 spiro atoms. The van der Waals surface area contributed by atoms with Crippen LogP contribution in [0.25, 0.3) is 0 Å². The Labute approximate surface area is 89.7 Å². The summed E-state index contributed by atoms with van der Waals surface area (Å²) in [6.07, 6.45) is 1.73. The highest BCUT2D eigenvalue weighted by Crippen LogP contribution is 2.22. The predicted octanol–water partition coefficient (Wildman–Crippen LogP) is 1.71. The van der Waals surface area contributed by atoms with Gasteiger partial charge in [0.2, 0.25) is 0 Å². The Bertz CT molecular complexity index is 335. The smallest absolute Gasteiger partial charge is 0.102 e. The average molecular weight is 211 g/mol. The molecule has 1 fully saturated rings. The molecule has 15 heavy (non-hydrogen) atoms. The molecule has 1 heterocycles. The first kappa shape index (κ1) is 10.6. The van der Waals surface area contributed by atoms with Crippen LogP contribution >= 0.6 is 0 Å². The quantitative estimate of drug-likeness (QED) is 0.825. The van der Waals surface area contributed by atoms with Crippen LogP contribution in [-0.4, -0.2) is 22.0 Å². The second-order valence-corrected chi connectivity index (χ2v) is 4.39. The van der Waals surface area contributed by atoms with E-state index in [0.29, 0.717) is 18.9 Å². The van der Waals surface area contributed by atoms with Crippen molar-refractivity contribution in [3.63, 3.8) is 0 Å². The topological polar surface area (TPSA) is 29.9 Å². The fourth-order valence-electron chi connectivity index (χ4n) is 2.19. The molecule has 0 saturated heterocycles. The number of hydrogen-bond donors (Lipinski definition) is 1. The fourth-order valence-corrected chi connectivity index (χ4v) is 2.19. The lowest BCUT2D eigenvalue weighted by atomic mass is 10.2. The van der Waals surface area contributed by atoms with Crippen LogP contribution in [0.1, 0.15) is 30.7 Å². The fraction of sp³-hybridized carbons (Fsp3) is 0.727. The van der Waals surface area contributed by atoms with Gasteiger partial charge in [-0.15, -0.1) is 0 Å². The minimum atomic E-state index is -0.601. The minimum Gasteiger partial charge on any atom is -0.308 e. The molecule has 1 aliphatic carbocycles. The van der Waals surface area contributed by atoms with Gasteiger partial charge in [0.15, 0.2) is 0 Å². The third-order valence-corrected chi connectivity index (χ3v) is 3.04. The van der Waals surface area contributed by atoms with Gasteiger partial charge in [-0.25, -0.2) is 4.39 Å². The van der Waals surface area contributed by atoms with Gasteiger partial charge in [0, 0.05) is 19.6 Å². The van der Waals surface area contributed by atoms with Crippen molar-refractivity contribution >= 4 is 0 Å². The maximum Gasteiger partial charge on any atom is 0.102 e.